The van der Waals surface area contributed by atoms with Gasteiger partial charge in [-0.05, 0) is 49.6 Å². The number of nitrogens with zero attached hydrogens (tertiary/aromatic N) is 1. The van der Waals surface area contributed by atoms with Crippen LogP contribution in [0.3, 0.4) is 0 Å². The Labute approximate surface area is 154 Å². The van der Waals surface area contributed by atoms with Gasteiger partial charge in [0.15, 0.2) is 11.7 Å². The molecular weight excluding hydrogens is 380 g/mol. The van der Waals surface area contributed by atoms with E-state index in [0.717, 1.165) is 40.5 Å². The summed E-state index contributed by atoms with van der Waals surface area (Å²) >= 11 is 7.20. The molecule has 0 bridgehead atoms. The number of benzene rings is 1. The van der Waals surface area contributed by atoms with E-state index in [1.807, 2.05) is 6.92 Å². The molecule has 0 radical (unpaired) electrons. The van der Waals surface area contributed by atoms with Gasteiger partial charge in [-0.2, -0.15) is 0 Å². The summed E-state index contributed by atoms with van der Waals surface area (Å²) in [4.78, 5) is 5.01. The molecule has 130 valence electrons. The van der Waals surface area contributed by atoms with Crippen molar-refractivity contribution in [1.82, 2.24) is 4.98 Å². The molecular formula is C17H15ClN2O3S2. The number of oxazole rings is 1. The van der Waals surface area contributed by atoms with Crippen molar-refractivity contribution in [3.05, 3.63) is 53.0 Å². The monoisotopic (exact) mass is 394 g/mol. The van der Waals surface area contributed by atoms with Crippen molar-refractivity contribution in [2.24, 2.45) is 0 Å². The fourth-order valence-electron chi connectivity index (χ4n) is 2.38. The molecule has 5 nitrogen and oxygen atoms in total. The summed E-state index contributed by atoms with van der Waals surface area (Å²) in [7, 11) is -3.68. The molecule has 8 heteroatoms. The van der Waals surface area contributed by atoms with Crippen molar-refractivity contribution in [2.75, 3.05) is 4.72 Å². The van der Waals surface area contributed by atoms with E-state index in [4.69, 9.17) is 16.0 Å². The van der Waals surface area contributed by atoms with Crippen molar-refractivity contribution >= 4 is 38.6 Å². The highest BCUT2D eigenvalue weighted by Gasteiger charge is 2.29. The lowest BCUT2D eigenvalue weighted by molar-refractivity contribution is 0.510. The fourth-order valence-corrected chi connectivity index (χ4v) is 4.86. The van der Waals surface area contributed by atoms with E-state index in [1.54, 1.807) is 36.5 Å². The van der Waals surface area contributed by atoms with E-state index in [2.05, 4.69) is 9.71 Å². The predicted molar refractivity (Wildman–Crippen MR) is 98.8 cm³/mol. The molecule has 0 unspecified atom stereocenters. The molecule has 0 spiro atoms. The molecule has 1 aromatic carbocycles. The average Bonchev–Trinajstić information content (AvgIpc) is 3.10. The quantitative estimate of drug-likeness (QED) is 0.657. The maximum atomic E-state index is 12.6. The van der Waals surface area contributed by atoms with Gasteiger partial charge in [-0.25, -0.2) is 13.4 Å². The molecule has 1 aliphatic carbocycles. The van der Waals surface area contributed by atoms with E-state index in [9.17, 15) is 8.42 Å². The lowest BCUT2D eigenvalue weighted by Crippen LogP contribution is -2.11. The minimum Gasteiger partial charge on any atom is -0.440 e. The molecule has 25 heavy (non-hydrogen) atoms. The number of rotatable bonds is 5. The van der Waals surface area contributed by atoms with Crippen LogP contribution in [0.2, 0.25) is 5.02 Å². The SMILES string of the molecule is Cc1ccc(NS(=O)(=O)c2ccc(-c3cnc(C4CC4)o3)s2)cc1Cl. The van der Waals surface area contributed by atoms with Crippen LogP contribution in [-0.4, -0.2) is 13.4 Å². The zero-order valence-electron chi connectivity index (χ0n) is 13.3. The Bertz CT molecular complexity index is 1040. The maximum Gasteiger partial charge on any atom is 0.271 e. The normalized spacial score (nSPS) is 14.6. The number of sulfonamides is 1. The molecule has 1 fully saturated rings. The first kappa shape index (κ1) is 16.6. The van der Waals surface area contributed by atoms with Crippen LogP contribution >= 0.6 is 22.9 Å². The molecule has 0 amide bonds. The summed E-state index contributed by atoms with van der Waals surface area (Å²) in [5, 5.41) is 0.515. The molecule has 0 saturated heterocycles. The van der Waals surface area contributed by atoms with Crippen LogP contribution in [0.15, 0.2) is 45.2 Å². The first-order valence-corrected chi connectivity index (χ1v) is 10.4. The van der Waals surface area contributed by atoms with Crippen LogP contribution in [0.5, 0.6) is 0 Å². The molecule has 1 N–H and O–H groups in total. The molecule has 2 heterocycles. The smallest absolute Gasteiger partial charge is 0.271 e. The minimum atomic E-state index is -3.68. The summed E-state index contributed by atoms with van der Waals surface area (Å²) in [6, 6.07) is 8.36. The minimum absolute atomic E-state index is 0.212. The third kappa shape index (κ3) is 3.44. The van der Waals surface area contributed by atoms with Crippen LogP contribution in [0, 0.1) is 6.92 Å². The van der Waals surface area contributed by atoms with Gasteiger partial charge in [-0.3, -0.25) is 4.72 Å². The van der Waals surface area contributed by atoms with Gasteiger partial charge < -0.3 is 4.42 Å². The van der Waals surface area contributed by atoms with Crippen molar-refractivity contribution in [2.45, 2.75) is 29.9 Å². The first-order chi connectivity index (χ1) is 11.9. The Kier molecular flexibility index (Phi) is 4.10. The zero-order chi connectivity index (χ0) is 17.6. The van der Waals surface area contributed by atoms with Gasteiger partial charge in [0.05, 0.1) is 16.8 Å². The Morgan fingerprint density at radius 1 is 1.28 bits per heavy atom. The molecule has 4 rings (SSSR count). The number of halogens is 1. The second-order valence-electron chi connectivity index (χ2n) is 6.03. The number of thiophene rings is 1. The van der Waals surface area contributed by atoms with E-state index in [-0.39, 0.29) is 4.21 Å². The largest absolute Gasteiger partial charge is 0.440 e. The molecule has 3 aromatic rings. The van der Waals surface area contributed by atoms with Crippen LogP contribution in [0.4, 0.5) is 5.69 Å². The lowest BCUT2D eigenvalue weighted by Gasteiger charge is -2.07. The van der Waals surface area contributed by atoms with Crippen LogP contribution < -0.4 is 4.72 Å². The maximum absolute atomic E-state index is 12.6. The van der Waals surface area contributed by atoms with Crippen molar-refractivity contribution < 1.29 is 12.8 Å². The highest BCUT2D eigenvalue weighted by Crippen LogP contribution is 2.41. The lowest BCUT2D eigenvalue weighted by atomic mass is 10.2. The number of hydrogen-bond donors (Lipinski definition) is 1. The first-order valence-electron chi connectivity index (χ1n) is 7.77. The molecule has 1 saturated carbocycles. The summed E-state index contributed by atoms with van der Waals surface area (Å²) in [6.45, 7) is 1.86. The number of aryl methyl sites for hydroxylation is 1. The van der Waals surface area contributed by atoms with Gasteiger partial charge in [0, 0.05) is 10.9 Å². The number of nitrogens with one attached hydrogen (secondary N) is 1. The number of anilines is 1. The van der Waals surface area contributed by atoms with E-state index < -0.39 is 10.0 Å². The molecule has 1 aliphatic rings. The predicted octanol–water partition coefficient (Wildman–Crippen LogP) is 5.04. The number of aromatic nitrogens is 1. The Morgan fingerprint density at radius 2 is 2.08 bits per heavy atom. The van der Waals surface area contributed by atoms with Gasteiger partial charge >= 0.3 is 0 Å². The van der Waals surface area contributed by atoms with Gasteiger partial charge in [-0.15, -0.1) is 11.3 Å². The van der Waals surface area contributed by atoms with Crippen molar-refractivity contribution in [1.29, 1.82) is 0 Å². The van der Waals surface area contributed by atoms with Gasteiger partial charge in [0.25, 0.3) is 10.0 Å². The third-order valence-corrected chi connectivity index (χ3v) is 7.34. The average molecular weight is 395 g/mol. The van der Waals surface area contributed by atoms with E-state index in [0.29, 0.717) is 22.4 Å². The van der Waals surface area contributed by atoms with E-state index >= 15 is 0 Å². The van der Waals surface area contributed by atoms with Crippen LogP contribution in [-0.2, 0) is 10.0 Å². The highest BCUT2D eigenvalue weighted by molar-refractivity contribution is 7.94. The third-order valence-electron chi connectivity index (χ3n) is 3.96. The fraction of sp³-hybridized carbons (Fsp3) is 0.235. The highest BCUT2D eigenvalue weighted by atomic mass is 35.5. The second kappa shape index (κ2) is 6.16. The summed E-state index contributed by atoms with van der Waals surface area (Å²) in [5.74, 6) is 1.76. The van der Waals surface area contributed by atoms with Crippen LogP contribution in [0.1, 0.15) is 30.2 Å². The summed E-state index contributed by atoms with van der Waals surface area (Å²) in [5.41, 5.74) is 1.32. The molecule has 0 atom stereocenters. The molecule has 0 aliphatic heterocycles. The van der Waals surface area contributed by atoms with Crippen LogP contribution in [0.25, 0.3) is 10.6 Å². The zero-order valence-corrected chi connectivity index (χ0v) is 15.7. The number of hydrogen-bond acceptors (Lipinski definition) is 5. The van der Waals surface area contributed by atoms with Crippen molar-refractivity contribution in [3.8, 4) is 10.6 Å². The van der Waals surface area contributed by atoms with Crippen molar-refractivity contribution in [3.63, 3.8) is 0 Å². The van der Waals surface area contributed by atoms with E-state index in [1.165, 1.54) is 0 Å². The van der Waals surface area contributed by atoms with Gasteiger partial charge in [0.1, 0.15) is 4.21 Å². The topological polar surface area (TPSA) is 72.2 Å². The van der Waals surface area contributed by atoms with Gasteiger partial charge in [-0.1, -0.05) is 17.7 Å². The summed E-state index contributed by atoms with van der Waals surface area (Å²) < 4.78 is 33.6. The summed E-state index contributed by atoms with van der Waals surface area (Å²) in [6.07, 6.45) is 3.86. The second-order valence-corrected chi connectivity index (χ2v) is 9.43. The Balaban J connectivity index is 1.57. The Morgan fingerprint density at radius 3 is 2.80 bits per heavy atom. The standard InChI is InChI=1S/C17H15ClN2O3S2/c1-10-2-5-12(8-13(10)18)20-25(21,22)16-7-6-15(24-16)14-9-19-17(23-14)11-3-4-11/h2,5-9,11,20H,3-4H2,1H3. The van der Waals surface area contributed by atoms with Gasteiger partial charge in [0.2, 0.25) is 0 Å². The molecule has 2 aromatic heterocycles. The Hall–Kier alpha value is -1.83.